The molecular formula is C35H36N6O5. The number of carbonyl (C=O) groups excluding carboxylic acids is 1. The Hall–Kier alpha value is -5.47. The van der Waals surface area contributed by atoms with Gasteiger partial charge in [0.1, 0.15) is 24.9 Å². The first-order valence-electron chi connectivity index (χ1n) is 14.9. The Morgan fingerprint density at radius 3 is 2.57 bits per heavy atom. The minimum Gasteiger partial charge on any atom is -0.493 e. The maximum Gasteiger partial charge on any atom is 0.316 e. The number of terminal acetylenes is 1. The Balaban J connectivity index is 0.000000232. The fourth-order valence-corrected chi connectivity index (χ4v) is 4.95. The molecule has 0 saturated carbocycles. The second kappa shape index (κ2) is 15.5. The highest BCUT2D eigenvalue weighted by Gasteiger charge is 2.23. The van der Waals surface area contributed by atoms with Gasteiger partial charge in [0.15, 0.2) is 11.5 Å². The molecule has 1 fully saturated rings. The summed E-state index contributed by atoms with van der Waals surface area (Å²) < 4.78 is 22.0. The Bertz CT molecular complexity index is 1830. The maximum absolute atomic E-state index is 11.6. The van der Waals surface area contributed by atoms with E-state index in [1.807, 2.05) is 65.6 Å². The van der Waals surface area contributed by atoms with Crippen LogP contribution >= 0.6 is 0 Å². The number of amides is 1. The minimum absolute atomic E-state index is 0.00954. The third-order valence-corrected chi connectivity index (χ3v) is 7.38. The Labute approximate surface area is 267 Å². The third kappa shape index (κ3) is 8.16. The van der Waals surface area contributed by atoms with Gasteiger partial charge in [0.05, 0.1) is 24.8 Å². The van der Waals surface area contributed by atoms with Crippen LogP contribution in [0.25, 0.3) is 21.8 Å². The molecule has 3 heterocycles. The molecule has 0 bridgehead atoms. The number of methoxy groups -OCH3 is 2. The van der Waals surface area contributed by atoms with Crippen molar-refractivity contribution < 1.29 is 23.7 Å². The van der Waals surface area contributed by atoms with Crippen LogP contribution in [0, 0.1) is 12.3 Å². The Kier molecular flexibility index (Phi) is 10.8. The molecule has 2 aromatic heterocycles. The third-order valence-electron chi connectivity index (χ3n) is 7.38. The summed E-state index contributed by atoms with van der Waals surface area (Å²) in [4.78, 5) is 30.6. The molecular weight excluding hydrogens is 584 g/mol. The minimum atomic E-state index is 0.00954. The van der Waals surface area contributed by atoms with Gasteiger partial charge in [-0.15, -0.1) is 6.42 Å². The van der Waals surface area contributed by atoms with Gasteiger partial charge >= 0.3 is 6.01 Å². The van der Waals surface area contributed by atoms with Gasteiger partial charge in [-0.1, -0.05) is 30.2 Å². The first kappa shape index (κ1) is 31.9. The standard InChI is InChI=1S/C24H24N4O3.C11H12N2O2/c1-4-17-6-5-7-18(12-17)27-24-20-13-23(22(30-3)14-21(20)25-15-26-24)31-19-8-10-28(11-9-19)16(2)29;1-14-6-7-15-11-12-8-9-4-2-3-5-10(9)13-11/h1,5-7,12-15,19H,8-11H2,2-3H3,(H,25,26,27);2-5,8H,6-7H2,1H3. The number of hydrogen-bond donors (Lipinski definition) is 1. The van der Waals surface area contributed by atoms with E-state index >= 15 is 0 Å². The summed E-state index contributed by atoms with van der Waals surface area (Å²) in [6.45, 7) is 3.99. The van der Waals surface area contributed by atoms with Gasteiger partial charge in [-0.2, -0.15) is 4.98 Å². The number of nitrogens with one attached hydrogen (secondary N) is 1. The molecule has 3 aromatic carbocycles. The highest BCUT2D eigenvalue weighted by atomic mass is 16.5. The van der Waals surface area contributed by atoms with Crippen LogP contribution in [0.1, 0.15) is 25.3 Å². The molecule has 0 spiro atoms. The monoisotopic (exact) mass is 620 g/mol. The molecule has 5 aromatic rings. The van der Waals surface area contributed by atoms with E-state index in [1.165, 1.54) is 6.33 Å². The van der Waals surface area contributed by atoms with Gasteiger partial charge in [-0.25, -0.2) is 15.0 Å². The zero-order valence-electron chi connectivity index (χ0n) is 26.1. The molecule has 6 rings (SSSR count). The van der Waals surface area contributed by atoms with Gasteiger partial charge in [0.25, 0.3) is 0 Å². The fourth-order valence-electron chi connectivity index (χ4n) is 4.95. The van der Waals surface area contributed by atoms with E-state index in [-0.39, 0.29) is 12.0 Å². The van der Waals surface area contributed by atoms with Crippen LogP contribution in [0.5, 0.6) is 17.5 Å². The van der Waals surface area contributed by atoms with Gasteiger partial charge in [0, 0.05) is 74.3 Å². The van der Waals surface area contributed by atoms with Gasteiger partial charge in [-0.05, 0) is 30.3 Å². The predicted molar refractivity (Wildman–Crippen MR) is 177 cm³/mol. The molecule has 0 atom stereocenters. The number of carbonyl (C=O) groups is 1. The summed E-state index contributed by atoms with van der Waals surface area (Å²) in [5, 5.41) is 5.14. The SMILES string of the molecule is C#Cc1cccc(Nc2ncnc3cc(OC)c(OC4CCN(C(C)=O)CC4)cc23)c1.COCCOc1ncc2ccccc2n1. The van der Waals surface area contributed by atoms with Crippen LogP contribution in [0.2, 0.25) is 0 Å². The first-order chi connectivity index (χ1) is 22.5. The number of hydrogen-bond acceptors (Lipinski definition) is 10. The van der Waals surface area contributed by atoms with Crippen molar-refractivity contribution in [2.24, 2.45) is 0 Å². The molecule has 236 valence electrons. The van der Waals surface area contributed by atoms with E-state index in [1.54, 1.807) is 27.3 Å². The van der Waals surface area contributed by atoms with Crippen LogP contribution in [-0.4, -0.2) is 77.4 Å². The Morgan fingerprint density at radius 2 is 1.80 bits per heavy atom. The summed E-state index contributed by atoms with van der Waals surface area (Å²) in [6.07, 6.45) is 10.3. The highest BCUT2D eigenvalue weighted by molar-refractivity contribution is 5.93. The molecule has 1 aliphatic rings. The number of para-hydroxylation sites is 1. The summed E-state index contributed by atoms with van der Waals surface area (Å²) in [6, 6.07) is 19.5. The van der Waals surface area contributed by atoms with E-state index < -0.39 is 0 Å². The summed E-state index contributed by atoms with van der Waals surface area (Å²) >= 11 is 0. The molecule has 1 saturated heterocycles. The average Bonchev–Trinajstić information content (AvgIpc) is 3.09. The first-order valence-corrected chi connectivity index (χ1v) is 14.9. The normalized spacial score (nSPS) is 13.0. The maximum atomic E-state index is 11.6. The Morgan fingerprint density at radius 1 is 0.978 bits per heavy atom. The zero-order chi connectivity index (χ0) is 32.3. The van der Waals surface area contributed by atoms with E-state index in [0.717, 1.165) is 45.9 Å². The molecule has 1 aliphatic heterocycles. The topological polar surface area (TPSA) is 121 Å². The molecule has 11 heteroatoms. The van der Waals surface area contributed by atoms with E-state index in [4.69, 9.17) is 25.4 Å². The quantitative estimate of drug-likeness (QED) is 0.169. The number of rotatable bonds is 9. The number of fused-ring (bicyclic) bond motifs is 2. The van der Waals surface area contributed by atoms with Crippen molar-refractivity contribution in [1.82, 2.24) is 24.8 Å². The van der Waals surface area contributed by atoms with Crippen molar-refractivity contribution in [1.29, 1.82) is 0 Å². The van der Waals surface area contributed by atoms with Gasteiger partial charge in [-0.3, -0.25) is 4.79 Å². The average molecular weight is 621 g/mol. The molecule has 1 N–H and O–H groups in total. The van der Waals surface area contributed by atoms with Crippen LogP contribution in [0.3, 0.4) is 0 Å². The smallest absolute Gasteiger partial charge is 0.316 e. The van der Waals surface area contributed by atoms with Crippen LogP contribution in [-0.2, 0) is 9.53 Å². The molecule has 0 radical (unpaired) electrons. The van der Waals surface area contributed by atoms with Crippen LogP contribution in [0.4, 0.5) is 11.5 Å². The lowest BCUT2D eigenvalue weighted by atomic mass is 10.1. The van der Waals surface area contributed by atoms with Crippen molar-refractivity contribution in [2.45, 2.75) is 25.9 Å². The number of anilines is 2. The summed E-state index contributed by atoms with van der Waals surface area (Å²) in [5.41, 5.74) is 3.25. The van der Waals surface area contributed by atoms with Crippen molar-refractivity contribution in [3.8, 4) is 29.9 Å². The van der Waals surface area contributed by atoms with Crippen LogP contribution < -0.4 is 19.5 Å². The second-order valence-corrected chi connectivity index (χ2v) is 10.5. The van der Waals surface area contributed by atoms with Crippen molar-refractivity contribution in [3.05, 3.63) is 78.8 Å². The van der Waals surface area contributed by atoms with E-state index in [2.05, 4.69) is 31.2 Å². The number of aromatic nitrogens is 4. The van der Waals surface area contributed by atoms with Gasteiger partial charge in [0.2, 0.25) is 5.91 Å². The van der Waals surface area contributed by atoms with Crippen molar-refractivity contribution >= 4 is 39.2 Å². The van der Waals surface area contributed by atoms with Crippen molar-refractivity contribution in [2.75, 3.05) is 45.8 Å². The zero-order valence-corrected chi connectivity index (χ0v) is 26.1. The largest absolute Gasteiger partial charge is 0.493 e. The lowest BCUT2D eigenvalue weighted by molar-refractivity contribution is -0.130. The number of likely N-dealkylation sites (tertiary alicyclic amines) is 1. The highest BCUT2D eigenvalue weighted by Crippen LogP contribution is 2.36. The summed E-state index contributed by atoms with van der Waals surface area (Å²) in [7, 11) is 3.24. The predicted octanol–water partition coefficient (Wildman–Crippen LogP) is 5.41. The number of ether oxygens (including phenoxy) is 4. The van der Waals surface area contributed by atoms with Crippen LogP contribution in [0.15, 0.2) is 73.2 Å². The molecule has 1 amide bonds. The molecule has 46 heavy (non-hydrogen) atoms. The van der Waals surface area contributed by atoms with Crippen molar-refractivity contribution in [3.63, 3.8) is 0 Å². The number of benzene rings is 3. The fraction of sp³-hybridized carbons (Fsp3) is 0.286. The molecule has 0 unspecified atom stereocenters. The number of nitrogens with zero attached hydrogens (tertiary/aromatic N) is 5. The lowest BCUT2D eigenvalue weighted by Gasteiger charge is -2.31. The lowest BCUT2D eigenvalue weighted by Crippen LogP contribution is -2.40. The van der Waals surface area contributed by atoms with E-state index in [9.17, 15) is 4.79 Å². The van der Waals surface area contributed by atoms with E-state index in [0.29, 0.717) is 49.6 Å². The molecule has 11 nitrogen and oxygen atoms in total. The summed E-state index contributed by atoms with van der Waals surface area (Å²) in [5.74, 6) is 4.63. The molecule has 0 aliphatic carbocycles. The van der Waals surface area contributed by atoms with Gasteiger partial charge < -0.3 is 29.2 Å². The second-order valence-electron chi connectivity index (χ2n) is 10.5. The number of piperidine rings is 1.